The van der Waals surface area contributed by atoms with Crippen LogP contribution in [0.4, 0.5) is 0 Å². The Bertz CT molecular complexity index is 5330. The Balaban J connectivity index is 0.954. The Labute approximate surface area is 763 Å². The van der Waals surface area contributed by atoms with Crippen molar-refractivity contribution >= 4 is 85.2 Å². The Kier molecular flexibility index (Phi) is 33.0. The van der Waals surface area contributed by atoms with Gasteiger partial charge < -0.3 is 82.5 Å². The van der Waals surface area contributed by atoms with Crippen molar-refractivity contribution in [2.75, 3.05) is 19.6 Å². The lowest BCUT2D eigenvalue weighted by atomic mass is 9.77. The molecule has 0 radical (unpaired) electrons. The second-order valence-corrected chi connectivity index (χ2v) is 40.8. The number of ether oxygens (including phenoxy) is 4. The number of fused-ring (bicyclic) bond motifs is 2. The first-order chi connectivity index (χ1) is 60.6. The van der Waals surface area contributed by atoms with E-state index in [4.69, 9.17) is 35.5 Å². The highest BCUT2D eigenvalue weighted by atomic mass is 32.2. The van der Waals surface area contributed by atoms with E-state index < -0.39 is 180 Å². The lowest BCUT2D eigenvalue weighted by molar-refractivity contribution is -0.145. The SMILES string of the molecule is Cc1c(C)c(S(=O)(=O)NC(=N)NCCC[C@H](NC(=O)[C@@H](NC(=O)[C@H](Cc2ccc(OC(C)(C)C)cc2)NC(=O)[C@@H](NC(=O)[C@@H]2CCCN2C(=O)[C@H](CCCNC(=N)NS(=O)(=O)c2c(C)c(C)c3c(c2C)CC(C)(C)O3)NC(=O)[C@@H](N)CC(=O)NC(c2ccccc2)(c2ccccc2)c2ccccc2)[C@@H](C)OC(C)(C)C)C(C)C)C(=O)N[C@@H](C)C(=O)O)c(C)c2c1OC(C)(C)C2. The van der Waals surface area contributed by atoms with Crippen LogP contribution < -0.4 is 77.2 Å². The number of hydrogen-bond acceptors (Lipinski definition) is 20. The number of carbonyl (C=O) groups is 9. The highest BCUT2D eigenvalue weighted by Gasteiger charge is 2.46. The molecule has 35 heteroatoms. The Morgan fingerprint density at radius 3 is 1.43 bits per heavy atom. The number of hydrogen-bond donors (Lipinski definition) is 15. The minimum absolute atomic E-state index is 0.000202. The highest BCUT2D eigenvalue weighted by Crippen LogP contribution is 2.46. The van der Waals surface area contributed by atoms with E-state index in [-0.39, 0.29) is 74.4 Å². The van der Waals surface area contributed by atoms with Crippen LogP contribution in [0, 0.1) is 58.3 Å². The Hall–Kier alpha value is -11.7. The van der Waals surface area contributed by atoms with Gasteiger partial charge in [-0.05, 0) is 237 Å². The number of rotatable bonds is 38. The molecule has 1 saturated heterocycles. The fourth-order valence-electron chi connectivity index (χ4n) is 16.9. The summed E-state index contributed by atoms with van der Waals surface area (Å²) in [5.74, 6) is -8.49. The number of amides is 8. The van der Waals surface area contributed by atoms with E-state index in [1.807, 2.05) is 139 Å². The third kappa shape index (κ3) is 25.7. The minimum Gasteiger partial charge on any atom is -0.488 e. The molecule has 1 fully saturated rings. The summed E-state index contributed by atoms with van der Waals surface area (Å²) in [4.78, 5) is 134. The fourth-order valence-corrected chi connectivity index (χ4v) is 19.9. The van der Waals surface area contributed by atoms with Crippen molar-refractivity contribution in [3.8, 4) is 17.2 Å². The molecular weight excluding hydrogens is 1700 g/mol. The molecule has 9 rings (SSSR count). The highest BCUT2D eigenvalue weighted by molar-refractivity contribution is 7.90. The van der Waals surface area contributed by atoms with Crippen molar-refractivity contribution in [3.05, 3.63) is 182 Å². The normalized spacial score (nSPS) is 16.5. The zero-order chi connectivity index (χ0) is 96.3. The lowest BCUT2D eigenvalue weighted by Gasteiger charge is -2.37. The molecule has 0 aliphatic carbocycles. The van der Waals surface area contributed by atoms with Gasteiger partial charge in [-0.25, -0.2) is 26.3 Å². The van der Waals surface area contributed by atoms with Crippen molar-refractivity contribution in [1.82, 2.24) is 62.2 Å². The maximum absolute atomic E-state index is 15.6. The van der Waals surface area contributed by atoms with Gasteiger partial charge in [0.25, 0.3) is 20.0 Å². The van der Waals surface area contributed by atoms with Gasteiger partial charge >= 0.3 is 5.97 Å². The van der Waals surface area contributed by atoms with E-state index in [0.717, 1.165) is 11.1 Å². The third-order valence-electron chi connectivity index (χ3n) is 23.3. The van der Waals surface area contributed by atoms with Gasteiger partial charge in [-0.15, -0.1) is 0 Å². The van der Waals surface area contributed by atoms with Gasteiger partial charge in [0.15, 0.2) is 0 Å². The van der Waals surface area contributed by atoms with E-state index >= 15 is 19.2 Å². The van der Waals surface area contributed by atoms with Crippen molar-refractivity contribution in [3.63, 3.8) is 0 Å². The topological polar surface area (TPSA) is 488 Å². The van der Waals surface area contributed by atoms with Gasteiger partial charge in [0, 0.05) is 50.0 Å². The lowest BCUT2D eigenvalue weighted by Crippen LogP contribution is -2.63. The first-order valence-electron chi connectivity index (χ1n) is 44.0. The average molecular weight is 1840 g/mol. The number of nitrogens with two attached hydrogens (primary N) is 1. The summed E-state index contributed by atoms with van der Waals surface area (Å²) in [6, 6.07) is 22.5. The van der Waals surface area contributed by atoms with Gasteiger partial charge in [0.05, 0.1) is 34.0 Å². The van der Waals surface area contributed by atoms with E-state index in [9.17, 15) is 45.9 Å². The van der Waals surface area contributed by atoms with Crippen LogP contribution in [0.1, 0.15) is 209 Å². The summed E-state index contributed by atoms with van der Waals surface area (Å²) in [6.45, 7) is 34.3. The number of aliphatic carboxylic acids is 1. The van der Waals surface area contributed by atoms with E-state index in [1.54, 1.807) is 100 Å². The molecule has 0 spiro atoms. The van der Waals surface area contributed by atoms with Crippen LogP contribution in [0.5, 0.6) is 17.2 Å². The molecule has 3 aliphatic heterocycles. The minimum atomic E-state index is -4.39. The first-order valence-corrected chi connectivity index (χ1v) is 47.0. The summed E-state index contributed by atoms with van der Waals surface area (Å²) < 4.78 is 86.2. The van der Waals surface area contributed by atoms with Crippen LogP contribution >= 0.6 is 0 Å². The summed E-state index contributed by atoms with van der Waals surface area (Å²) in [5.41, 5.74) is 9.86. The number of nitrogens with one attached hydrogen (secondary N) is 13. The maximum atomic E-state index is 15.6. The van der Waals surface area contributed by atoms with Crippen LogP contribution in [0.25, 0.3) is 0 Å². The van der Waals surface area contributed by atoms with Gasteiger partial charge in [0.2, 0.25) is 59.2 Å². The predicted molar refractivity (Wildman–Crippen MR) is 494 cm³/mol. The van der Waals surface area contributed by atoms with E-state index in [2.05, 4.69) is 57.3 Å². The summed E-state index contributed by atoms with van der Waals surface area (Å²) in [7, 11) is -8.74. The molecule has 130 heavy (non-hydrogen) atoms. The third-order valence-corrected chi connectivity index (χ3v) is 26.5. The summed E-state index contributed by atoms with van der Waals surface area (Å²) in [5, 5.41) is 52.3. The number of sulfonamides is 2. The average Bonchev–Trinajstić information content (AvgIpc) is 1.44. The molecule has 3 heterocycles. The van der Waals surface area contributed by atoms with Crippen molar-refractivity contribution in [2.45, 2.75) is 295 Å². The Morgan fingerprint density at radius 1 is 0.546 bits per heavy atom. The largest absolute Gasteiger partial charge is 0.488 e. The van der Waals surface area contributed by atoms with Crippen LogP contribution in [0.3, 0.4) is 0 Å². The van der Waals surface area contributed by atoms with Crippen LogP contribution in [0.15, 0.2) is 125 Å². The fraction of sp³-hybridized carbons (Fsp3) is 0.505. The van der Waals surface area contributed by atoms with Crippen LogP contribution in [0.2, 0.25) is 0 Å². The smallest absolute Gasteiger partial charge is 0.325 e. The van der Waals surface area contributed by atoms with Gasteiger partial charge in [-0.2, -0.15) is 0 Å². The summed E-state index contributed by atoms with van der Waals surface area (Å²) >= 11 is 0. The summed E-state index contributed by atoms with van der Waals surface area (Å²) in [6.07, 6.45) is -1.28. The number of carboxylic acid groups (broad SMARTS) is 1. The molecule has 3 aliphatic rings. The zero-order valence-electron chi connectivity index (χ0n) is 78.2. The van der Waals surface area contributed by atoms with Crippen molar-refractivity contribution in [1.29, 1.82) is 10.8 Å². The Morgan fingerprint density at radius 2 is 0.985 bits per heavy atom. The predicted octanol–water partition coefficient (Wildman–Crippen LogP) is 7.94. The molecule has 9 atom stereocenters. The zero-order valence-corrected chi connectivity index (χ0v) is 79.8. The molecular formula is C95H131N15O18S2. The maximum Gasteiger partial charge on any atom is 0.325 e. The monoisotopic (exact) mass is 1830 g/mol. The second-order valence-electron chi connectivity index (χ2n) is 37.6. The quantitative estimate of drug-likeness (QED) is 0.00756. The van der Waals surface area contributed by atoms with E-state index in [0.29, 0.717) is 85.7 Å². The number of benzene rings is 6. The molecule has 6 aromatic carbocycles. The number of likely N-dealkylation sites (tertiary alicyclic amines) is 1. The number of carboxylic acids is 1. The van der Waals surface area contributed by atoms with Crippen LogP contribution in [-0.2, 0) is 92.7 Å². The standard InChI is InChI=1S/C95H131N15O18S2/c1-53(2)75(85(116)102-70(82(113)101-60(9)88(119)120)39-30-46-99-89(97)108-129(121,122)79-56(5)54(3)77-67(58(79)7)51-93(17,18)127-77)105-83(114)72(49-62-42-44-66(45-43-62)126-92(14,15)16)104-86(117)76(61(10)125-91(11,12)13)106-84(115)73-41-32-48-110(73)87(118)71(40-31-47-100-90(98)109-130(123,124)80-57(6)55(4)78-68(59(80)8)52-94(19,20)128-78)103-81(112)69(96)50-74(111)107-95(63-33-24-21-25-34-63,64-35-26-22-27-36-64)65-37-28-23-29-38-65/h21-29,33-38,42-45,53,60-61,69-73,75-76H,30-32,39-41,46-52,96H2,1-20H3,(H,101,113)(H,102,116)(H,103,112)(H,104,117)(H,105,114)(H,106,115)(H,107,111)(H,119,120)(H3,97,99,108)(H3,98,100,109)/t60-,61+,69-,70-,71-,72-,73-,75-,76-/m0/s1. The molecule has 33 nitrogen and oxygen atoms in total. The molecule has 0 unspecified atom stereocenters. The van der Waals surface area contributed by atoms with Crippen molar-refractivity contribution < 1.29 is 84.0 Å². The van der Waals surface area contributed by atoms with Crippen molar-refractivity contribution in [2.24, 2.45) is 11.7 Å². The van der Waals surface area contributed by atoms with E-state index in [1.165, 1.54) is 18.7 Å². The van der Waals surface area contributed by atoms with Crippen LogP contribution in [-0.4, -0.2) is 188 Å². The molecule has 8 amide bonds. The molecule has 16 N–H and O–H groups in total. The second kappa shape index (κ2) is 42.0. The number of carbonyl (C=O) groups excluding carboxylic acids is 8. The van der Waals surface area contributed by atoms with Gasteiger partial charge in [0.1, 0.15) is 81.9 Å². The molecule has 706 valence electrons. The van der Waals surface area contributed by atoms with Gasteiger partial charge in [-0.3, -0.25) is 54.0 Å². The number of nitrogens with zero attached hydrogens (tertiary/aromatic N) is 1. The van der Waals surface area contributed by atoms with Gasteiger partial charge in [-0.1, -0.05) is 117 Å². The number of guanidine groups is 2. The molecule has 6 aromatic rings. The molecule has 0 aromatic heterocycles. The molecule has 0 saturated carbocycles. The first kappa shape index (κ1) is 102. The molecule has 0 bridgehead atoms.